The SMILES string of the molecule is Cc1ccc2c(c1)C([Si](C)C)C=C2.[Li+]. The first-order valence-electron chi connectivity index (χ1n) is 4.77. The van der Waals surface area contributed by atoms with Gasteiger partial charge in [0, 0.05) is 0 Å². The minimum absolute atomic E-state index is 0. The molecule has 0 N–H and O–H groups in total. The van der Waals surface area contributed by atoms with Crippen LogP contribution >= 0.6 is 0 Å². The maximum Gasteiger partial charge on any atom is 1.00 e. The molecular weight excluding hydrogens is 179 g/mol. The van der Waals surface area contributed by atoms with Gasteiger partial charge in [-0.2, -0.15) is 0 Å². The van der Waals surface area contributed by atoms with E-state index >= 15 is 0 Å². The number of rotatable bonds is 1. The first-order chi connectivity index (χ1) is 6.18. The number of aryl methyl sites for hydroxylation is 1. The van der Waals surface area contributed by atoms with Crippen LogP contribution in [-0.2, 0) is 0 Å². The summed E-state index contributed by atoms with van der Waals surface area (Å²) < 4.78 is 0. The maximum atomic E-state index is 2.39. The number of allylic oxidation sites excluding steroid dienone is 1. The average molecular weight is 194 g/mol. The third-order valence-electron chi connectivity index (χ3n) is 2.67. The molecule has 0 heterocycles. The van der Waals surface area contributed by atoms with Gasteiger partial charge in [0.2, 0.25) is 0 Å². The van der Waals surface area contributed by atoms with Crippen LogP contribution in [0.1, 0.15) is 22.2 Å². The van der Waals surface area contributed by atoms with Crippen molar-refractivity contribution in [3.63, 3.8) is 0 Å². The molecule has 0 aliphatic heterocycles. The van der Waals surface area contributed by atoms with Gasteiger partial charge in [-0.3, -0.25) is 0 Å². The van der Waals surface area contributed by atoms with E-state index < -0.39 is 0 Å². The van der Waals surface area contributed by atoms with Gasteiger partial charge in [-0.25, -0.2) is 0 Å². The van der Waals surface area contributed by atoms with Gasteiger partial charge < -0.3 is 0 Å². The molecule has 0 amide bonds. The fourth-order valence-corrected chi connectivity index (χ4v) is 3.28. The Morgan fingerprint density at radius 3 is 2.57 bits per heavy atom. The largest absolute Gasteiger partial charge is 1.00 e. The standard InChI is InChI=1S/C12H15Si.Li/c1-9-4-5-10-6-7-12(13(2)3)11(10)8-9;/h4-8,12H,1-3H3;/q;+1. The van der Waals surface area contributed by atoms with Crippen LogP contribution in [0.4, 0.5) is 0 Å². The number of benzene rings is 1. The van der Waals surface area contributed by atoms with E-state index in [-0.39, 0.29) is 27.7 Å². The van der Waals surface area contributed by atoms with E-state index in [1.54, 1.807) is 5.56 Å². The Morgan fingerprint density at radius 1 is 1.21 bits per heavy atom. The average Bonchev–Trinajstić information content (AvgIpc) is 2.46. The van der Waals surface area contributed by atoms with Crippen molar-refractivity contribution >= 4 is 14.9 Å². The summed E-state index contributed by atoms with van der Waals surface area (Å²) in [5, 5.41) is 0. The zero-order chi connectivity index (χ0) is 9.42. The normalized spacial score (nSPS) is 18.1. The summed E-state index contributed by atoms with van der Waals surface area (Å²) in [4.78, 5) is 0. The number of fused-ring (bicyclic) bond motifs is 1. The Labute approximate surface area is 100 Å². The van der Waals surface area contributed by atoms with E-state index in [0.29, 0.717) is 0 Å². The van der Waals surface area contributed by atoms with Crippen LogP contribution in [0.5, 0.6) is 0 Å². The van der Waals surface area contributed by atoms with Gasteiger partial charge in [0.05, 0.1) is 8.80 Å². The van der Waals surface area contributed by atoms with Crippen LogP contribution in [0, 0.1) is 6.92 Å². The topological polar surface area (TPSA) is 0 Å². The minimum Gasteiger partial charge on any atom is -0.0794 e. The van der Waals surface area contributed by atoms with Gasteiger partial charge in [-0.1, -0.05) is 49.0 Å². The van der Waals surface area contributed by atoms with Crippen molar-refractivity contribution in [2.45, 2.75) is 25.6 Å². The molecule has 0 fully saturated rings. The monoisotopic (exact) mass is 194 g/mol. The Bertz CT molecular complexity index is 355. The number of hydrogen-bond donors (Lipinski definition) is 0. The van der Waals surface area contributed by atoms with Crippen molar-refractivity contribution in [1.82, 2.24) is 0 Å². The molecule has 1 aliphatic rings. The molecule has 0 saturated carbocycles. The molecule has 1 unspecified atom stereocenters. The predicted octanol–water partition coefficient (Wildman–Crippen LogP) is 0.403. The van der Waals surface area contributed by atoms with Gasteiger partial charge in [0.1, 0.15) is 0 Å². The molecule has 0 spiro atoms. The Kier molecular flexibility index (Phi) is 3.83. The molecule has 1 aromatic carbocycles. The van der Waals surface area contributed by atoms with Crippen molar-refractivity contribution < 1.29 is 18.9 Å². The molecular formula is C12H15LiSi+. The second-order valence-corrected chi connectivity index (χ2v) is 6.82. The summed E-state index contributed by atoms with van der Waals surface area (Å²) in [6.07, 6.45) is 4.65. The second-order valence-electron chi connectivity index (χ2n) is 4.05. The molecule has 14 heavy (non-hydrogen) atoms. The quantitative estimate of drug-likeness (QED) is 0.568. The van der Waals surface area contributed by atoms with Gasteiger partial charge >= 0.3 is 18.9 Å². The van der Waals surface area contributed by atoms with Crippen molar-refractivity contribution in [3.8, 4) is 0 Å². The molecule has 1 aromatic rings. The van der Waals surface area contributed by atoms with Crippen molar-refractivity contribution in [2.75, 3.05) is 0 Å². The molecule has 1 aliphatic carbocycles. The molecule has 67 valence electrons. The smallest absolute Gasteiger partial charge is 0.0794 e. The molecule has 1 radical (unpaired) electrons. The third-order valence-corrected chi connectivity index (χ3v) is 4.42. The maximum absolute atomic E-state index is 2.39. The van der Waals surface area contributed by atoms with Crippen LogP contribution in [0.25, 0.3) is 6.08 Å². The van der Waals surface area contributed by atoms with E-state index in [0.717, 1.165) is 5.54 Å². The van der Waals surface area contributed by atoms with Gasteiger partial charge in [-0.05, 0) is 23.6 Å². The predicted molar refractivity (Wildman–Crippen MR) is 60.4 cm³/mol. The molecule has 0 aromatic heterocycles. The van der Waals surface area contributed by atoms with Crippen LogP contribution in [0.15, 0.2) is 24.3 Å². The van der Waals surface area contributed by atoms with Crippen molar-refractivity contribution in [1.29, 1.82) is 0 Å². The summed E-state index contributed by atoms with van der Waals surface area (Å²) in [6.45, 7) is 6.95. The molecule has 0 nitrogen and oxygen atoms in total. The van der Waals surface area contributed by atoms with Crippen LogP contribution in [0.3, 0.4) is 0 Å². The number of hydrogen-bond acceptors (Lipinski definition) is 0. The zero-order valence-corrected chi connectivity index (χ0v) is 10.5. The minimum atomic E-state index is -0.227. The van der Waals surface area contributed by atoms with E-state index in [1.165, 1.54) is 11.1 Å². The van der Waals surface area contributed by atoms with E-state index in [1.807, 2.05) is 0 Å². The molecule has 1 atom stereocenters. The fourth-order valence-electron chi connectivity index (χ4n) is 1.92. The Balaban J connectivity index is 0.000000980. The van der Waals surface area contributed by atoms with E-state index in [2.05, 4.69) is 50.4 Å². The molecule has 0 bridgehead atoms. The first kappa shape index (κ1) is 11.8. The molecule has 2 heteroatoms. The van der Waals surface area contributed by atoms with E-state index in [4.69, 9.17) is 0 Å². The van der Waals surface area contributed by atoms with Crippen LogP contribution in [0.2, 0.25) is 13.1 Å². The summed E-state index contributed by atoms with van der Waals surface area (Å²) >= 11 is 0. The second kappa shape index (κ2) is 4.53. The van der Waals surface area contributed by atoms with Crippen molar-refractivity contribution in [2.24, 2.45) is 0 Å². The van der Waals surface area contributed by atoms with Crippen molar-refractivity contribution in [3.05, 3.63) is 41.0 Å². The summed E-state index contributed by atoms with van der Waals surface area (Å²) in [5.41, 5.74) is 5.11. The molecule has 2 rings (SSSR count). The van der Waals surface area contributed by atoms with Gasteiger partial charge in [-0.15, -0.1) is 0 Å². The summed E-state index contributed by atoms with van der Waals surface area (Å²) in [5.74, 6) is 0. The summed E-state index contributed by atoms with van der Waals surface area (Å²) in [7, 11) is -0.227. The first-order valence-corrected chi connectivity index (χ1v) is 7.35. The van der Waals surface area contributed by atoms with E-state index in [9.17, 15) is 0 Å². The molecule has 0 saturated heterocycles. The Morgan fingerprint density at radius 2 is 1.93 bits per heavy atom. The fraction of sp³-hybridized carbons (Fsp3) is 0.333. The Hall–Kier alpha value is -0.226. The van der Waals surface area contributed by atoms with Crippen LogP contribution < -0.4 is 18.9 Å². The van der Waals surface area contributed by atoms with Gasteiger partial charge in [0.25, 0.3) is 0 Å². The van der Waals surface area contributed by atoms with Crippen LogP contribution in [-0.4, -0.2) is 8.80 Å². The zero-order valence-electron chi connectivity index (χ0n) is 9.46. The van der Waals surface area contributed by atoms with Gasteiger partial charge in [0.15, 0.2) is 0 Å². The summed E-state index contributed by atoms with van der Waals surface area (Å²) in [6, 6.07) is 6.78. The third kappa shape index (κ3) is 2.06.